The molecule has 3 N–H and O–H groups in total. The van der Waals surface area contributed by atoms with Crippen LogP contribution >= 0.6 is 0 Å². The fourth-order valence-electron chi connectivity index (χ4n) is 3.89. The largest absolute Gasteiger partial charge is 0.480 e. The van der Waals surface area contributed by atoms with E-state index in [1.165, 1.54) is 9.25 Å². The maximum atomic E-state index is 12.9. The SMILES string of the molecule is Cc1nn(CCC2CCNCC2)c(=O)n1-c1ccc(CC(NS(C)(=O)=O)C(=O)O)cc1. The summed E-state index contributed by atoms with van der Waals surface area (Å²) in [5.74, 6) is -0.0811. The average molecular weight is 452 g/mol. The van der Waals surface area contributed by atoms with Gasteiger partial charge in [0.05, 0.1) is 11.9 Å². The van der Waals surface area contributed by atoms with Crippen LogP contribution in [0.15, 0.2) is 29.1 Å². The highest BCUT2D eigenvalue weighted by molar-refractivity contribution is 7.88. The Morgan fingerprint density at radius 1 is 1.29 bits per heavy atom. The molecule has 1 aliphatic rings. The minimum atomic E-state index is -3.65. The van der Waals surface area contributed by atoms with Crippen molar-refractivity contribution in [3.8, 4) is 5.69 Å². The third-order valence-corrected chi connectivity index (χ3v) is 6.21. The van der Waals surface area contributed by atoms with Crippen molar-refractivity contribution in [2.75, 3.05) is 19.3 Å². The van der Waals surface area contributed by atoms with Crippen molar-refractivity contribution in [3.63, 3.8) is 0 Å². The van der Waals surface area contributed by atoms with Crippen molar-refractivity contribution >= 4 is 16.0 Å². The molecule has 31 heavy (non-hydrogen) atoms. The summed E-state index contributed by atoms with van der Waals surface area (Å²) in [7, 11) is -3.65. The molecule has 1 atom stereocenters. The number of carboxylic acids is 1. The maximum Gasteiger partial charge on any atom is 0.350 e. The Morgan fingerprint density at radius 3 is 2.52 bits per heavy atom. The number of hydrogen-bond donors (Lipinski definition) is 3. The highest BCUT2D eigenvalue weighted by atomic mass is 32.2. The second-order valence-corrected chi connectivity index (χ2v) is 9.80. The van der Waals surface area contributed by atoms with E-state index < -0.39 is 22.0 Å². The summed E-state index contributed by atoms with van der Waals surface area (Å²) in [4.78, 5) is 24.2. The van der Waals surface area contributed by atoms with Crippen LogP contribution in [0.2, 0.25) is 0 Å². The van der Waals surface area contributed by atoms with Crippen LogP contribution in [0, 0.1) is 12.8 Å². The van der Waals surface area contributed by atoms with Gasteiger partial charge in [0, 0.05) is 6.54 Å². The van der Waals surface area contributed by atoms with Crippen molar-refractivity contribution in [1.29, 1.82) is 0 Å². The highest BCUT2D eigenvalue weighted by Gasteiger charge is 2.22. The summed E-state index contributed by atoms with van der Waals surface area (Å²) in [6.07, 6.45) is 4.06. The molecule has 1 fully saturated rings. The number of aliphatic carboxylic acids is 1. The molecule has 2 aromatic rings. The maximum absolute atomic E-state index is 12.9. The molecule has 10 nitrogen and oxygen atoms in total. The van der Waals surface area contributed by atoms with E-state index in [0.29, 0.717) is 29.5 Å². The molecule has 1 aromatic carbocycles. The zero-order valence-electron chi connectivity index (χ0n) is 17.7. The Bertz CT molecular complexity index is 1070. The third-order valence-electron chi connectivity index (χ3n) is 5.50. The van der Waals surface area contributed by atoms with Gasteiger partial charge >= 0.3 is 11.7 Å². The Hall–Kier alpha value is -2.50. The molecule has 0 saturated carbocycles. The number of aryl methyl sites for hydroxylation is 2. The zero-order chi connectivity index (χ0) is 22.6. The van der Waals surface area contributed by atoms with Gasteiger partial charge in [-0.3, -0.25) is 4.79 Å². The number of nitrogens with one attached hydrogen (secondary N) is 2. The second kappa shape index (κ2) is 9.75. The van der Waals surface area contributed by atoms with Gasteiger partial charge in [0.1, 0.15) is 11.9 Å². The fourth-order valence-corrected chi connectivity index (χ4v) is 4.59. The molecule has 0 spiro atoms. The molecule has 2 heterocycles. The molecular formula is C20H29N5O5S. The predicted octanol–water partition coefficient (Wildman–Crippen LogP) is 0.277. The molecule has 3 rings (SSSR count). The Balaban J connectivity index is 1.72. The number of carbonyl (C=O) groups is 1. The number of benzene rings is 1. The van der Waals surface area contributed by atoms with Gasteiger partial charge in [0.15, 0.2) is 0 Å². The van der Waals surface area contributed by atoms with Crippen molar-refractivity contribution in [2.24, 2.45) is 5.92 Å². The smallest absolute Gasteiger partial charge is 0.350 e. The molecule has 11 heteroatoms. The van der Waals surface area contributed by atoms with Gasteiger partial charge in [-0.25, -0.2) is 27.2 Å². The molecule has 0 radical (unpaired) electrons. The first-order valence-corrected chi connectivity index (χ1v) is 12.2. The molecule has 0 amide bonds. The van der Waals surface area contributed by atoms with Crippen LogP contribution in [-0.2, 0) is 27.8 Å². The summed E-state index contributed by atoms with van der Waals surface area (Å²) < 4.78 is 27.9. The van der Waals surface area contributed by atoms with Gasteiger partial charge in [-0.15, -0.1) is 0 Å². The first kappa shape index (κ1) is 23.2. The minimum absolute atomic E-state index is 0.00787. The summed E-state index contributed by atoms with van der Waals surface area (Å²) in [6, 6.07) is 5.54. The van der Waals surface area contributed by atoms with Crippen LogP contribution in [0.4, 0.5) is 0 Å². The molecule has 1 aliphatic heterocycles. The van der Waals surface area contributed by atoms with E-state index in [-0.39, 0.29) is 12.1 Å². The van der Waals surface area contributed by atoms with E-state index >= 15 is 0 Å². The summed E-state index contributed by atoms with van der Waals surface area (Å²) in [5.41, 5.74) is 1.06. The molecule has 1 unspecified atom stereocenters. The van der Waals surface area contributed by atoms with Gasteiger partial charge in [-0.1, -0.05) is 12.1 Å². The Morgan fingerprint density at radius 2 is 1.94 bits per heavy atom. The fraction of sp³-hybridized carbons (Fsp3) is 0.550. The van der Waals surface area contributed by atoms with E-state index in [0.717, 1.165) is 38.6 Å². The topological polar surface area (TPSA) is 135 Å². The third kappa shape index (κ3) is 6.25. The van der Waals surface area contributed by atoms with Gasteiger partial charge in [-0.2, -0.15) is 5.10 Å². The minimum Gasteiger partial charge on any atom is -0.480 e. The lowest BCUT2D eigenvalue weighted by molar-refractivity contribution is -0.138. The molecule has 1 saturated heterocycles. The number of rotatable bonds is 9. The first-order chi connectivity index (χ1) is 14.6. The zero-order valence-corrected chi connectivity index (χ0v) is 18.6. The Labute approximate surface area is 181 Å². The quantitative estimate of drug-likeness (QED) is 0.498. The van der Waals surface area contributed by atoms with Crippen LogP contribution < -0.4 is 15.7 Å². The molecule has 170 valence electrons. The molecular weight excluding hydrogens is 422 g/mol. The number of carboxylic acid groups (broad SMARTS) is 1. The van der Waals surface area contributed by atoms with Crippen LogP contribution in [-0.4, -0.2) is 59.2 Å². The van der Waals surface area contributed by atoms with E-state index in [1.807, 2.05) is 0 Å². The summed E-state index contributed by atoms with van der Waals surface area (Å²) in [6.45, 7) is 4.38. The number of sulfonamides is 1. The standard InChI is InChI=1S/C20H29N5O5S/c1-14-22-24(12-9-15-7-10-21-11-8-15)20(28)25(14)17-5-3-16(4-6-17)13-18(19(26)27)23-31(2,29)30/h3-6,15,18,21,23H,7-13H2,1-2H3,(H,26,27). The van der Waals surface area contributed by atoms with Gasteiger partial charge in [0.2, 0.25) is 10.0 Å². The van der Waals surface area contributed by atoms with Gasteiger partial charge in [-0.05, 0) is 69.3 Å². The van der Waals surface area contributed by atoms with E-state index in [4.69, 9.17) is 0 Å². The number of nitrogens with zero attached hydrogens (tertiary/aromatic N) is 3. The van der Waals surface area contributed by atoms with Crippen molar-refractivity contribution in [1.82, 2.24) is 24.4 Å². The lowest BCUT2D eigenvalue weighted by Crippen LogP contribution is -2.41. The van der Waals surface area contributed by atoms with Crippen molar-refractivity contribution in [2.45, 2.75) is 45.2 Å². The average Bonchev–Trinajstić information content (AvgIpc) is 2.99. The lowest BCUT2D eigenvalue weighted by atomic mass is 9.95. The Kier molecular flexibility index (Phi) is 7.29. The van der Waals surface area contributed by atoms with E-state index in [2.05, 4.69) is 15.1 Å². The molecule has 0 bridgehead atoms. The molecule has 0 aliphatic carbocycles. The number of aromatic nitrogens is 3. The van der Waals surface area contributed by atoms with E-state index in [1.54, 1.807) is 31.2 Å². The van der Waals surface area contributed by atoms with Gasteiger partial charge in [0.25, 0.3) is 0 Å². The normalized spacial score (nSPS) is 16.3. The first-order valence-electron chi connectivity index (χ1n) is 10.3. The van der Waals surface area contributed by atoms with E-state index in [9.17, 15) is 23.1 Å². The monoisotopic (exact) mass is 451 g/mol. The number of hydrogen-bond acceptors (Lipinski definition) is 6. The lowest BCUT2D eigenvalue weighted by Gasteiger charge is -2.22. The predicted molar refractivity (Wildman–Crippen MR) is 116 cm³/mol. The van der Waals surface area contributed by atoms with Crippen LogP contribution in [0.3, 0.4) is 0 Å². The summed E-state index contributed by atoms with van der Waals surface area (Å²) >= 11 is 0. The van der Waals surface area contributed by atoms with Crippen LogP contribution in [0.25, 0.3) is 5.69 Å². The highest BCUT2D eigenvalue weighted by Crippen LogP contribution is 2.17. The molecule has 1 aromatic heterocycles. The van der Waals surface area contributed by atoms with Crippen molar-refractivity contribution in [3.05, 3.63) is 46.1 Å². The second-order valence-electron chi connectivity index (χ2n) is 8.02. The summed E-state index contributed by atoms with van der Waals surface area (Å²) in [5, 5.41) is 17.0. The van der Waals surface area contributed by atoms with Crippen LogP contribution in [0.5, 0.6) is 0 Å². The van der Waals surface area contributed by atoms with Crippen LogP contribution in [0.1, 0.15) is 30.7 Å². The number of piperidine rings is 1. The van der Waals surface area contributed by atoms with Crippen molar-refractivity contribution < 1.29 is 18.3 Å². The van der Waals surface area contributed by atoms with Gasteiger partial charge < -0.3 is 10.4 Å².